The van der Waals surface area contributed by atoms with Gasteiger partial charge in [-0.05, 0) is 48.2 Å². The van der Waals surface area contributed by atoms with Crippen LogP contribution >= 0.6 is 0 Å². The Hall–Kier alpha value is -4.13. The quantitative estimate of drug-likeness (QED) is 0.461. The molecule has 0 radical (unpaired) electrons. The smallest absolute Gasteiger partial charge is 0.411 e. The van der Waals surface area contributed by atoms with Gasteiger partial charge in [0.2, 0.25) is 0 Å². The number of carboxylic acids is 1. The van der Waals surface area contributed by atoms with Gasteiger partial charge in [-0.2, -0.15) is 0 Å². The van der Waals surface area contributed by atoms with E-state index in [1.807, 2.05) is 36.4 Å². The Bertz CT molecular complexity index is 1210. The SMILES string of the molecule is CC(C)(CC(=O)O)NC(=O)c1ccccc1NC(=O)OCC1c2ccccc2-c2ccccc21. The first-order valence-corrected chi connectivity index (χ1v) is 11.0. The molecular formula is C27H26N2O5. The molecule has 3 aromatic carbocycles. The molecule has 0 saturated heterocycles. The fraction of sp³-hybridized carbons (Fsp3) is 0.222. The van der Waals surface area contributed by atoms with Crippen molar-refractivity contribution in [1.29, 1.82) is 0 Å². The molecule has 0 aromatic heterocycles. The first-order chi connectivity index (χ1) is 16.2. The van der Waals surface area contributed by atoms with Crippen LogP contribution in [-0.2, 0) is 9.53 Å². The summed E-state index contributed by atoms with van der Waals surface area (Å²) in [6.45, 7) is 3.40. The summed E-state index contributed by atoms with van der Waals surface area (Å²) in [6.07, 6.45) is -0.910. The minimum absolute atomic E-state index is 0.0755. The van der Waals surface area contributed by atoms with Crippen LogP contribution < -0.4 is 10.6 Å². The van der Waals surface area contributed by atoms with Crippen molar-refractivity contribution in [2.75, 3.05) is 11.9 Å². The predicted octanol–water partition coefficient (Wildman–Crippen LogP) is 5.03. The third-order valence-corrected chi connectivity index (χ3v) is 5.80. The van der Waals surface area contributed by atoms with E-state index in [2.05, 4.69) is 22.8 Å². The summed E-state index contributed by atoms with van der Waals surface area (Å²) in [5, 5.41) is 14.4. The van der Waals surface area contributed by atoms with Gasteiger partial charge in [-0.25, -0.2) is 4.79 Å². The maximum absolute atomic E-state index is 12.8. The van der Waals surface area contributed by atoms with E-state index in [9.17, 15) is 14.4 Å². The lowest BCUT2D eigenvalue weighted by Gasteiger charge is -2.25. The van der Waals surface area contributed by atoms with Crippen molar-refractivity contribution in [3.05, 3.63) is 89.5 Å². The number of carbonyl (C=O) groups is 3. The van der Waals surface area contributed by atoms with Gasteiger partial charge in [0.25, 0.3) is 5.91 Å². The number of anilines is 1. The molecule has 0 unspecified atom stereocenters. The number of carboxylic acid groups (broad SMARTS) is 1. The lowest BCUT2D eigenvalue weighted by Crippen LogP contribution is -2.45. The second-order valence-electron chi connectivity index (χ2n) is 8.90. The van der Waals surface area contributed by atoms with E-state index in [4.69, 9.17) is 9.84 Å². The number of hydrogen-bond acceptors (Lipinski definition) is 4. The standard InChI is InChI=1S/C27H26N2O5/c1-27(2,15-24(30)31)29-25(32)21-13-7-8-14-23(21)28-26(33)34-16-22-19-11-5-3-9-17(19)18-10-4-6-12-20(18)22/h3-14,22H,15-16H2,1-2H3,(H,28,33)(H,29,32)(H,30,31). The molecule has 0 spiro atoms. The van der Waals surface area contributed by atoms with Crippen molar-refractivity contribution in [1.82, 2.24) is 5.32 Å². The van der Waals surface area contributed by atoms with Crippen molar-refractivity contribution in [2.45, 2.75) is 31.7 Å². The van der Waals surface area contributed by atoms with Gasteiger partial charge in [0.1, 0.15) is 6.61 Å². The van der Waals surface area contributed by atoms with Crippen LogP contribution in [0.4, 0.5) is 10.5 Å². The highest BCUT2D eigenvalue weighted by molar-refractivity contribution is 6.03. The van der Waals surface area contributed by atoms with E-state index in [1.165, 1.54) is 0 Å². The molecule has 7 heteroatoms. The Morgan fingerprint density at radius 3 is 2.06 bits per heavy atom. The number of ether oxygens (including phenoxy) is 1. The average molecular weight is 459 g/mol. The van der Waals surface area contributed by atoms with E-state index < -0.39 is 23.5 Å². The van der Waals surface area contributed by atoms with Gasteiger partial charge in [0.05, 0.1) is 17.7 Å². The molecule has 4 rings (SSSR count). The Kier molecular flexibility index (Phi) is 6.36. The van der Waals surface area contributed by atoms with Gasteiger partial charge in [-0.1, -0.05) is 60.7 Å². The molecule has 174 valence electrons. The van der Waals surface area contributed by atoms with Crippen molar-refractivity contribution < 1.29 is 24.2 Å². The number of aliphatic carboxylic acids is 1. The fourth-order valence-electron chi connectivity index (χ4n) is 4.33. The van der Waals surface area contributed by atoms with E-state index in [1.54, 1.807) is 38.1 Å². The van der Waals surface area contributed by atoms with E-state index in [0.29, 0.717) is 0 Å². The topological polar surface area (TPSA) is 105 Å². The summed E-state index contributed by atoms with van der Waals surface area (Å²) in [6, 6.07) is 22.7. The van der Waals surface area contributed by atoms with Gasteiger partial charge in [0.15, 0.2) is 0 Å². The van der Waals surface area contributed by atoms with Crippen LogP contribution in [0.5, 0.6) is 0 Å². The molecule has 0 heterocycles. The summed E-state index contributed by atoms with van der Waals surface area (Å²) in [5.74, 6) is -1.58. The fourth-order valence-corrected chi connectivity index (χ4v) is 4.33. The molecule has 1 aliphatic rings. The third kappa shape index (κ3) is 4.93. The van der Waals surface area contributed by atoms with Crippen LogP contribution in [0.25, 0.3) is 11.1 Å². The van der Waals surface area contributed by atoms with E-state index >= 15 is 0 Å². The molecule has 0 aliphatic heterocycles. The summed E-state index contributed by atoms with van der Waals surface area (Å²) >= 11 is 0. The van der Waals surface area contributed by atoms with Crippen LogP contribution in [0.15, 0.2) is 72.8 Å². The largest absolute Gasteiger partial charge is 0.481 e. The maximum atomic E-state index is 12.8. The minimum Gasteiger partial charge on any atom is -0.481 e. The monoisotopic (exact) mass is 458 g/mol. The first-order valence-electron chi connectivity index (χ1n) is 11.0. The number of rotatable bonds is 7. The average Bonchev–Trinajstić information content (AvgIpc) is 3.10. The van der Waals surface area contributed by atoms with Crippen LogP contribution in [0, 0.1) is 0 Å². The maximum Gasteiger partial charge on any atom is 0.411 e. The molecule has 2 amide bonds. The number of carbonyl (C=O) groups excluding carboxylic acids is 2. The lowest BCUT2D eigenvalue weighted by atomic mass is 9.98. The molecule has 0 atom stereocenters. The molecule has 3 aromatic rings. The zero-order chi connectivity index (χ0) is 24.3. The molecule has 0 bridgehead atoms. The number of hydrogen-bond donors (Lipinski definition) is 3. The van der Waals surface area contributed by atoms with Gasteiger partial charge in [0, 0.05) is 11.5 Å². The van der Waals surface area contributed by atoms with Crippen LogP contribution in [0.1, 0.15) is 47.7 Å². The molecule has 7 nitrogen and oxygen atoms in total. The molecular weight excluding hydrogens is 432 g/mol. The Morgan fingerprint density at radius 1 is 0.882 bits per heavy atom. The second-order valence-corrected chi connectivity index (χ2v) is 8.90. The second kappa shape index (κ2) is 9.39. The first kappa shape index (κ1) is 23.0. The molecule has 1 aliphatic carbocycles. The normalized spacial score (nSPS) is 12.4. The van der Waals surface area contributed by atoms with Crippen molar-refractivity contribution in [2.24, 2.45) is 0 Å². The van der Waals surface area contributed by atoms with Gasteiger partial charge < -0.3 is 15.2 Å². The predicted molar refractivity (Wildman–Crippen MR) is 129 cm³/mol. The van der Waals surface area contributed by atoms with Crippen molar-refractivity contribution >= 4 is 23.7 Å². The Balaban J connectivity index is 1.45. The molecule has 3 N–H and O–H groups in total. The lowest BCUT2D eigenvalue weighted by molar-refractivity contribution is -0.138. The van der Waals surface area contributed by atoms with Crippen molar-refractivity contribution in [3.63, 3.8) is 0 Å². The van der Waals surface area contributed by atoms with Crippen molar-refractivity contribution in [3.8, 4) is 11.1 Å². The summed E-state index contributed by atoms with van der Waals surface area (Å²) in [5.41, 5.74) is 4.03. The number of nitrogens with one attached hydrogen (secondary N) is 2. The van der Waals surface area contributed by atoms with Gasteiger partial charge >= 0.3 is 12.1 Å². The summed E-state index contributed by atoms with van der Waals surface area (Å²) in [4.78, 5) is 36.5. The zero-order valence-corrected chi connectivity index (χ0v) is 19.0. The highest BCUT2D eigenvalue weighted by atomic mass is 16.5. The molecule has 0 saturated carbocycles. The number of benzene rings is 3. The van der Waals surface area contributed by atoms with E-state index in [-0.39, 0.29) is 30.2 Å². The van der Waals surface area contributed by atoms with Crippen LogP contribution in [0.3, 0.4) is 0 Å². The highest BCUT2D eigenvalue weighted by Crippen LogP contribution is 2.44. The Morgan fingerprint density at radius 2 is 1.44 bits per heavy atom. The summed E-state index contributed by atoms with van der Waals surface area (Å²) < 4.78 is 5.57. The highest BCUT2D eigenvalue weighted by Gasteiger charge is 2.29. The Labute approximate surface area is 197 Å². The third-order valence-electron chi connectivity index (χ3n) is 5.80. The number of fused-ring (bicyclic) bond motifs is 3. The number of amides is 2. The van der Waals surface area contributed by atoms with Gasteiger partial charge in [-0.15, -0.1) is 0 Å². The van der Waals surface area contributed by atoms with Crippen LogP contribution in [-0.4, -0.2) is 35.2 Å². The zero-order valence-electron chi connectivity index (χ0n) is 19.0. The molecule has 34 heavy (non-hydrogen) atoms. The minimum atomic E-state index is -1.02. The summed E-state index contributed by atoms with van der Waals surface area (Å²) in [7, 11) is 0. The number of para-hydroxylation sites is 1. The van der Waals surface area contributed by atoms with E-state index in [0.717, 1.165) is 22.3 Å². The molecule has 0 fully saturated rings. The van der Waals surface area contributed by atoms with Crippen LogP contribution in [0.2, 0.25) is 0 Å². The van der Waals surface area contributed by atoms with Gasteiger partial charge in [-0.3, -0.25) is 14.9 Å².